The lowest BCUT2D eigenvalue weighted by atomic mass is 9.91. The third-order valence-corrected chi connectivity index (χ3v) is 6.67. The van der Waals surface area contributed by atoms with Crippen molar-refractivity contribution < 1.29 is 38.7 Å². The van der Waals surface area contributed by atoms with E-state index in [9.17, 15) is 14.7 Å². The summed E-state index contributed by atoms with van der Waals surface area (Å²) in [6, 6.07) is 3.34. The van der Waals surface area contributed by atoms with Crippen molar-refractivity contribution in [2.24, 2.45) is 0 Å². The number of fused-ring (bicyclic) bond motifs is 1. The minimum absolute atomic E-state index is 0.000885. The first-order valence-electron chi connectivity index (χ1n) is 12.3. The first-order chi connectivity index (χ1) is 17.0. The van der Waals surface area contributed by atoms with Crippen LogP contribution in [0.1, 0.15) is 78.2 Å². The van der Waals surface area contributed by atoms with Crippen LogP contribution >= 0.6 is 0 Å². The number of phenols is 1. The van der Waals surface area contributed by atoms with Gasteiger partial charge in [-0.3, -0.25) is 4.79 Å². The van der Waals surface area contributed by atoms with E-state index < -0.39 is 11.9 Å². The van der Waals surface area contributed by atoms with Crippen LogP contribution in [0.25, 0.3) is 0 Å². The van der Waals surface area contributed by atoms with E-state index in [-0.39, 0.29) is 11.5 Å². The maximum atomic E-state index is 11.8. The Hall–Kier alpha value is -3.42. The minimum Gasteiger partial charge on any atom is -0.507 e. The topological polar surface area (TPSA) is 112 Å². The number of hydrogen-bond donors (Lipinski definition) is 2. The van der Waals surface area contributed by atoms with Crippen LogP contribution < -0.4 is 14.2 Å². The second-order valence-corrected chi connectivity index (χ2v) is 9.41. The molecule has 0 bridgehead atoms. The van der Waals surface area contributed by atoms with Gasteiger partial charge in [-0.25, -0.2) is 4.79 Å². The molecule has 36 heavy (non-hydrogen) atoms. The fourth-order valence-corrected chi connectivity index (χ4v) is 4.63. The summed E-state index contributed by atoms with van der Waals surface area (Å²) in [5.74, 6) is 0.651. The third kappa shape index (κ3) is 5.69. The maximum Gasteiger partial charge on any atom is 0.509 e. The summed E-state index contributed by atoms with van der Waals surface area (Å²) in [5, 5.41) is 19.6. The van der Waals surface area contributed by atoms with Crippen LogP contribution in [0, 0.1) is 20.8 Å². The highest BCUT2D eigenvalue weighted by Crippen LogP contribution is 2.44. The zero-order chi connectivity index (χ0) is 26.6. The molecular formula is C28H36O8. The summed E-state index contributed by atoms with van der Waals surface area (Å²) < 4.78 is 23.1. The molecule has 1 atom stereocenters. The Morgan fingerprint density at radius 2 is 1.78 bits per heavy atom. The number of carbonyl (C=O) groups is 2. The second kappa shape index (κ2) is 11.1. The Bertz CT molecular complexity index is 1150. The molecule has 1 heterocycles. The van der Waals surface area contributed by atoms with Gasteiger partial charge in [-0.2, -0.15) is 0 Å². The van der Waals surface area contributed by atoms with Crippen molar-refractivity contribution >= 4 is 11.9 Å². The van der Waals surface area contributed by atoms with Crippen LogP contribution in [0.4, 0.5) is 4.79 Å². The summed E-state index contributed by atoms with van der Waals surface area (Å²) in [4.78, 5) is 22.8. The van der Waals surface area contributed by atoms with Crippen molar-refractivity contribution in [3.8, 4) is 23.0 Å². The van der Waals surface area contributed by atoms with E-state index in [1.54, 1.807) is 19.1 Å². The van der Waals surface area contributed by atoms with E-state index in [1.165, 1.54) is 6.92 Å². The molecule has 0 radical (unpaired) electrons. The maximum absolute atomic E-state index is 11.8. The van der Waals surface area contributed by atoms with Crippen molar-refractivity contribution in [3.05, 3.63) is 45.5 Å². The number of ketones is 1. The fraction of sp³-hybridized carbons (Fsp3) is 0.500. The molecule has 1 unspecified atom stereocenters. The van der Waals surface area contributed by atoms with Gasteiger partial charge in [-0.15, -0.1) is 0 Å². The normalized spacial score (nSPS) is 16.6. The predicted molar refractivity (Wildman–Crippen MR) is 135 cm³/mol. The molecule has 0 amide bonds. The molecular weight excluding hydrogens is 464 g/mol. The molecule has 1 aliphatic heterocycles. The SMILES string of the molecule is CCCc1c(OCCCOc2c(C)c(C)c3c(c2C)CCC(C)(OC(=O)O)O3)ccc(C(C)=O)c1O. The smallest absolute Gasteiger partial charge is 0.507 e. The lowest BCUT2D eigenvalue weighted by molar-refractivity contribution is -0.149. The Morgan fingerprint density at radius 3 is 2.42 bits per heavy atom. The molecule has 0 aromatic heterocycles. The van der Waals surface area contributed by atoms with E-state index in [4.69, 9.17) is 24.1 Å². The Kier molecular flexibility index (Phi) is 8.38. The van der Waals surface area contributed by atoms with Crippen molar-refractivity contribution in [2.45, 2.75) is 79.4 Å². The van der Waals surface area contributed by atoms with Gasteiger partial charge >= 0.3 is 6.16 Å². The number of rotatable bonds is 10. The van der Waals surface area contributed by atoms with Crippen molar-refractivity contribution in [1.29, 1.82) is 0 Å². The quantitative estimate of drug-likeness (QED) is 0.230. The highest BCUT2D eigenvalue weighted by Gasteiger charge is 2.38. The summed E-state index contributed by atoms with van der Waals surface area (Å²) in [5.41, 5.74) is 4.76. The lowest BCUT2D eigenvalue weighted by Gasteiger charge is -2.36. The number of carboxylic acid groups (broad SMARTS) is 1. The molecule has 0 fully saturated rings. The average molecular weight is 501 g/mol. The van der Waals surface area contributed by atoms with Gasteiger partial charge in [0.2, 0.25) is 0 Å². The van der Waals surface area contributed by atoms with Gasteiger partial charge in [-0.1, -0.05) is 13.3 Å². The molecule has 0 saturated carbocycles. The predicted octanol–water partition coefficient (Wildman–Crippen LogP) is 6.06. The number of Topliss-reactive ketones (excluding diaryl/α,β-unsaturated/α-hetero) is 1. The van der Waals surface area contributed by atoms with Crippen LogP contribution in [0.2, 0.25) is 0 Å². The van der Waals surface area contributed by atoms with Gasteiger partial charge in [0.25, 0.3) is 5.79 Å². The highest BCUT2D eigenvalue weighted by atomic mass is 16.8. The lowest BCUT2D eigenvalue weighted by Crippen LogP contribution is -2.41. The van der Waals surface area contributed by atoms with Crippen molar-refractivity contribution in [3.63, 3.8) is 0 Å². The molecule has 8 heteroatoms. The number of hydrogen-bond acceptors (Lipinski definition) is 7. The Labute approximate surface area is 212 Å². The van der Waals surface area contributed by atoms with E-state index in [1.807, 2.05) is 27.7 Å². The largest absolute Gasteiger partial charge is 0.509 e. The number of ether oxygens (including phenoxy) is 4. The average Bonchev–Trinajstić information content (AvgIpc) is 2.80. The summed E-state index contributed by atoms with van der Waals surface area (Å²) >= 11 is 0. The van der Waals surface area contributed by atoms with E-state index >= 15 is 0 Å². The fourth-order valence-electron chi connectivity index (χ4n) is 4.63. The van der Waals surface area contributed by atoms with Crippen LogP contribution in [-0.4, -0.2) is 41.2 Å². The summed E-state index contributed by atoms with van der Waals surface area (Å²) in [6.45, 7) is 11.8. The van der Waals surface area contributed by atoms with Crippen molar-refractivity contribution in [1.82, 2.24) is 0 Å². The molecule has 196 valence electrons. The van der Waals surface area contributed by atoms with Crippen molar-refractivity contribution in [2.75, 3.05) is 13.2 Å². The molecule has 0 spiro atoms. The third-order valence-electron chi connectivity index (χ3n) is 6.67. The Balaban J connectivity index is 1.66. The number of phenolic OH excluding ortho intramolecular Hbond substituents is 1. The molecule has 2 aromatic rings. The van der Waals surface area contributed by atoms with Gasteiger partial charge in [0.15, 0.2) is 5.78 Å². The van der Waals surface area contributed by atoms with E-state index in [0.717, 1.165) is 34.4 Å². The zero-order valence-corrected chi connectivity index (χ0v) is 21.9. The van der Waals surface area contributed by atoms with Gasteiger partial charge in [0.1, 0.15) is 23.0 Å². The molecule has 3 rings (SSSR count). The van der Waals surface area contributed by atoms with Gasteiger partial charge in [0.05, 0.1) is 18.8 Å². The van der Waals surface area contributed by atoms with E-state index in [0.29, 0.717) is 61.5 Å². The molecule has 8 nitrogen and oxygen atoms in total. The monoisotopic (exact) mass is 500 g/mol. The summed E-state index contributed by atoms with van der Waals surface area (Å²) in [6.07, 6.45) is 1.72. The van der Waals surface area contributed by atoms with Crippen LogP contribution in [0.15, 0.2) is 12.1 Å². The number of benzene rings is 2. The van der Waals surface area contributed by atoms with Crippen LogP contribution in [0.3, 0.4) is 0 Å². The van der Waals surface area contributed by atoms with Gasteiger partial charge < -0.3 is 29.2 Å². The van der Waals surface area contributed by atoms with Crippen LogP contribution in [-0.2, 0) is 17.6 Å². The molecule has 0 aliphatic carbocycles. The van der Waals surface area contributed by atoms with Crippen LogP contribution in [0.5, 0.6) is 23.0 Å². The Morgan fingerprint density at radius 1 is 1.08 bits per heavy atom. The zero-order valence-electron chi connectivity index (χ0n) is 21.9. The standard InChI is InChI=1S/C28H36O8/c1-7-9-22-23(11-10-21(19(5)29)24(22)30)33-14-8-15-34-25-16(2)17(3)26-20(18(25)4)12-13-28(6,35-26)36-27(31)32/h10-11,30H,7-9,12-15H2,1-6H3,(H,31,32). The van der Waals surface area contributed by atoms with Gasteiger partial charge in [0, 0.05) is 30.9 Å². The van der Waals surface area contributed by atoms with E-state index in [2.05, 4.69) is 0 Å². The number of carbonyl (C=O) groups excluding carboxylic acids is 1. The number of aromatic hydroxyl groups is 1. The van der Waals surface area contributed by atoms with Gasteiger partial charge in [-0.05, 0) is 69.4 Å². The highest BCUT2D eigenvalue weighted by molar-refractivity contribution is 5.97. The minimum atomic E-state index is -1.36. The molecule has 0 saturated heterocycles. The molecule has 1 aliphatic rings. The first kappa shape index (κ1) is 27.2. The summed E-state index contributed by atoms with van der Waals surface area (Å²) in [7, 11) is 0. The molecule has 2 aromatic carbocycles. The first-order valence-corrected chi connectivity index (χ1v) is 12.3. The molecule has 2 N–H and O–H groups in total. The second-order valence-electron chi connectivity index (χ2n) is 9.41.